The van der Waals surface area contributed by atoms with Gasteiger partial charge in [-0.1, -0.05) is 18.9 Å². The molecule has 1 N–H and O–H groups in total. The lowest BCUT2D eigenvalue weighted by atomic mass is 10.1. The highest BCUT2D eigenvalue weighted by atomic mass is 32.2. The molecule has 15 heavy (non-hydrogen) atoms. The van der Waals surface area contributed by atoms with E-state index in [1.165, 1.54) is 10.4 Å². The fourth-order valence-corrected chi connectivity index (χ4v) is 3.47. The van der Waals surface area contributed by atoms with Crippen LogP contribution in [-0.4, -0.2) is 42.8 Å². The van der Waals surface area contributed by atoms with E-state index in [9.17, 15) is 13.5 Å². The fraction of sp³-hybridized carbons (Fsp3) is 0.800. The number of hydrogen-bond donors (Lipinski definition) is 1. The van der Waals surface area contributed by atoms with Gasteiger partial charge in [-0.25, -0.2) is 8.42 Å². The van der Waals surface area contributed by atoms with Crippen molar-refractivity contribution in [3.63, 3.8) is 0 Å². The zero-order valence-corrected chi connectivity index (χ0v) is 9.75. The lowest BCUT2D eigenvalue weighted by molar-refractivity contribution is 0.187. The van der Waals surface area contributed by atoms with Crippen LogP contribution in [0, 0.1) is 0 Å². The Balaban J connectivity index is 2.82. The summed E-state index contributed by atoms with van der Waals surface area (Å²) in [6.45, 7) is 3.89. The molecule has 1 aliphatic rings. The van der Waals surface area contributed by atoms with Crippen molar-refractivity contribution in [3.8, 4) is 0 Å². The second kappa shape index (κ2) is 5.63. The molecule has 1 atom stereocenters. The Morgan fingerprint density at radius 1 is 1.40 bits per heavy atom. The van der Waals surface area contributed by atoms with Crippen LogP contribution in [0.1, 0.15) is 25.7 Å². The summed E-state index contributed by atoms with van der Waals surface area (Å²) >= 11 is 0. The van der Waals surface area contributed by atoms with Crippen LogP contribution < -0.4 is 0 Å². The third kappa shape index (κ3) is 3.29. The molecular formula is C10H19NO3S. The van der Waals surface area contributed by atoms with Gasteiger partial charge in [-0.3, -0.25) is 0 Å². The van der Waals surface area contributed by atoms with Crippen LogP contribution in [0.15, 0.2) is 12.7 Å². The molecule has 0 aromatic heterocycles. The molecule has 1 rings (SSSR count). The standard InChI is InChI=1S/C10H19NO3S/c1-2-8-15(13,14)11-7-5-3-4-6-10(11)9-12/h2,10,12H,1,3-9H2. The Morgan fingerprint density at radius 2 is 2.13 bits per heavy atom. The van der Waals surface area contributed by atoms with E-state index in [1.54, 1.807) is 0 Å². The highest BCUT2D eigenvalue weighted by molar-refractivity contribution is 7.89. The van der Waals surface area contributed by atoms with Gasteiger partial charge in [0.15, 0.2) is 0 Å². The average Bonchev–Trinajstić information content (AvgIpc) is 2.42. The molecule has 0 aliphatic carbocycles. The number of sulfonamides is 1. The van der Waals surface area contributed by atoms with Crippen molar-refractivity contribution in [1.82, 2.24) is 4.31 Å². The van der Waals surface area contributed by atoms with Crippen LogP contribution in [0.4, 0.5) is 0 Å². The van der Waals surface area contributed by atoms with E-state index in [0.717, 1.165) is 25.7 Å². The van der Waals surface area contributed by atoms with Crippen LogP contribution in [0.2, 0.25) is 0 Å². The molecule has 1 heterocycles. The van der Waals surface area contributed by atoms with Gasteiger partial charge < -0.3 is 5.11 Å². The molecule has 0 radical (unpaired) electrons. The number of aliphatic hydroxyl groups excluding tert-OH is 1. The van der Waals surface area contributed by atoms with Crippen molar-refractivity contribution in [1.29, 1.82) is 0 Å². The highest BCUT2D eigenvalue weighted by Crippen LogP contribution is 2.19. The van der Waals surface area contributed by atoms with E-state index in [1.807, 2.05) is 0 Å². The van der Waals surface area contributed by atoms with Gasteiger partial charge in [-0.15, -0.1) is 6.58 Å². The van der Waals surface area contributed by atoms with E-state index in [2.05, 4.69) is 6.58 Å². The smallest absolute Gasteiger partial charge is 0.217 e. The predicted molar refractivity (Wildman–Crippen MR) is 60.0 cm³/mol. The first-order valence-electron chi connectivity index (χ1n) is 5.33. The zero-order valence-electron chi connectivity index (χ0n) is 8.93. The van der Waals surface area contributed by atoms with E-state index in [0.29, 0.717) is 6.54 Å². The molecule has 0 aromatic carbocycles. The molecule has 1 fully saturated rings. The first kappa shape index (κ1) is 12.7. The van der Waals surface area contributed by atoms with Gasteiger partial charge in [0.1, 0.15) is 0 Å². The minimum atomic E-state index is -3.26. The topological polar surface area (TPSA) is 57.6 Å². The summed E-state index contributed by atoms with van der Waals surface area (Å²) in [5.41, 5.74) is 0. The van der Waals surface area contributed by atoms with Crippen LogP contribution in [-0.2, 0) is 10.0 Å². The molecule has 0 aromatic rings. The summed E-state index contributed by atoms with van der Waals surface area (Å²) < 4.78 is 25.1. The lowest BCUT2D eigenvalue weighted by Gasteiger charge is -2.27. The molecule has 0 spiro atoms. The maximum Gasteiger partial charge on any atom is 0.217 e. The predicted octanol–water partition coefficient (Wildman–Crippen LogP) is 0.739. The van der Waals surface area contributed by atoms with E-state index >= 15 is 0 Å². The van der Waals surface area contributed by atoms with Crippen molar-refractivity contribution in [3.05, 3.63) is 12.7 Å². The first-order chi connectivity index (χ1) is 7.11. The van der Waals surface area contributed by atoms with Gasteiger partial charge in [-0.05, 0) is 12.8 Å². The van der Waals surface area contributed by atoms with E-state index < -0.39 is 10.0 Å². The van der Waals surface area contributed by atoms with Crippen LogP contribution in [0.25, 0.3) is 0 Å². The van der Waals surface area contributed by atoms with Crippen LogP contribution in [0.3, 0.4) is 0 Å². The molecule has 5 heteroatoms. The molecule has 4 nitrogen and oxygen atoms in total. The number of hydrogen-bond acceptors (Lipinski definition) is 3. The SMILES string of the molecule is C=CCS(=O)(=O)N1CCCCCC1CO. The van der Waals surface area contributed by atoms with Crippen molar-refractivity contribution >= 4 is 10.0 Å². The Labute approximate surface area is 91.6 Å². The van der Waals surface area contributed by atoms with Crippen molar-refractivity contribution in [2.45, 2.75) is 31.7 Å². The number of aliphatic hydroxyl groups is 1. The highest BCUT2D eigenvalue weighted by Gasteiger charge is 2.29. The minimum absolute atomic E-state index is 0.0382. The second-order valence-corrected chi connectivity index (χ2v) is 5.83. The Hall–Kier alpha value is -0.390. The minimum Gasteiger partial charge on any atom is -0.395 e. The zero-order chi connectivity index (χ0) is 11.3. The Bertz CT molecular complexity index is 300. The maximum absolute atomic E-state index is 11.9. The van der Waals surface area contributed by atoms with E-state index in [-0.39, 0.29) is 18.4 Å². The van der Waals surface area contributed by atoms with Crippen LogP contribution >= 0.6 is 0 Å². The van der Waals surface area contributed by atoms with E-state index in [4.69, 9.17) is 0 Å². The van der Waals surface area contributed by atoms with Crippen LogP contribution in [0.5, 0.6) is 0 Å². The summed E-state index contributed by atoms with van der Waals surface area (Å²) in [7, 11) is -3.26. The second-order valence-electron chi connectivity index (χ2n) is 3.86. The molecule has 0 bridgehead atoms. The largest absolute Gasteiger partial charge is 0.395 e. The third-order valence-corrected chi connectivity index (χ3v) is 4.57. The van der Waals surface area contributed by atoms with Crippen molar-refractivity contribution in [2.24, 2.45) is 0 Å². The monoisotopic (exact) mass is 233 g/mol. The molecule has 1 saturated heterocycles. The fourth-order valence-electron chi connectivity index (χ4n) is 1.94. The summed E-state index contributed by atoms with van der Waals surface area (Å²) in [6.07, 6.45) is 5.07. The van der Waals surface area contributed by atoms with Crippen molar-refractivity contribution < 1.29 is 13.5 Å². The van der Waals surface area contributed by atoms with Gasteiger partial charge in [-0.2, -0.15) is 4.31 Å². The molecule has 88 valence electrons. The maximum atomic E-state index is 11.9. The Morgan fingerprint density at radius 3 is 2.73 bits per heavy atom. The average molecular weight is 233 g/mol. The van der Waals surface area contributed by atoms with Gasteiger partial charge in [0, 0.05) is 12.6 Å². The summed E-state index contributed by atoms with van der Waals surface area (Å²) in [5.74, 6) is -0.0382. The summed E-state index contributed by atoms with van der Waals surface area (Å²) in [5, 5.41) is 9.19. The summed E-state index contributed by atoms with van der Waals surface area (Å²) in [6, 6.07) is -0.238. The number of rotatable bonds is 4. The molecular weight excluding hydrogens is 214 g/mol. The molecule has 0 amide bonds. The van der Waals surface area contributed by atoms with Gasteiger partial charge in [0.2, 0.25) is 10.0 Å². The molecule has 0 saturated carbocycles. The van der Waals surface area contributed by atoms with Gasteiger partial charge in [0.05, 0.1) is 12.4 Å². The van der Waals surface area contributed by atoms with Crippen molar-refractivity contribution in [2.75, 3.05) is 18.9 Å². The normalized spacial score (nSPS) is 24.7. The van der Waals surface area contributed by atoms with Gasteiger partial charge in [0.25, 0.3) is 0 Å². The van der Waals surface area contributed by atoms with Gasteiger partial charge >= 0.3 is 0 Å². The quantitative estimate of drug-likeness (QED) is 0.729. The first-order valence-corrected chi connectivity index (χ1v) is 6.94. The number of nitrogens with zero attached hydrogens (tertiary/aromatic N) is 1. The molecule has 1 aliphatic heterocycles. The summed E-state index contributed by atoms with van der Waals surface area (Å²) in [4.78, 5) is 0. The molecule has 1 unspecified atom stereocenters. The lowest BCUT2D eigenvalue weighted by Crippen LogP contribution is -2.42. The third-order valence-electron chi connectivity index (χ3n) is 2.72. The Kier molecular flexibility index (Phi) is 4.76.